The molecule has 3 rings (SSSR count). The van der Waals surface area contributed by atoms with E-state index in [-0.39, 0.29) is 5.91 Å². The fourth-order valence-corrected chi connectivity index (χ4v) is 3.14. The minimum Gasteiger partial charge on any atom is -0.382 e. The molecular weight excluding hydrogens is 338 g/mol. The first-order chi connectivity index (χ1) is 13.3. The number of aryl methyl sites for hydroxylation is 2. The molecule has 0 saturated heterocycles. The normalized spacial score (nSPS) is 11.0. The summed E-state index contributed by atoms with van der Waals surface area (Å²) in [5.74, 6) is 0.958. The first kappa shape index (κ1) is 19.1. The van der Waals surface area contributed by atoms with Gasteiger partial charge in [0.05, 0.1) is 11.0 Å². The van der Waals surface area contributed by atoms with Crippen LogP contribution in [0.15, 0.2) is 54.6 Å². The average Bonchev–Trinajstić information content (AvgIpc) is 3.04. The number of nitrogens with zero attached hydrogens (tertiary/aromatic N) is 2. The van der Waals surface area contributed by atoms with Crippen molar-refractivity contribution in [2.75, 3.05) is 19.8 Å². The van der Waals surface area contributed by atoms with E-state index in [1.165, 1.54) is 5.56 Å². The summed E-state index contributed by atoms with van der Waals surface area (Å²) in [5, 5.41) is 2.98. The number of para-hydroxylation sites is 2. The van der Waals surface area contributed by atoms with E-state index >= 15 is 0 Å². The standard InChI is InChI=1S/C22H27N3O2/c1-2-27-16-8-15-23-22(26)17-25-20-12-7-6-11-19(20)24-21(25)14-13-18-9-4-3-5-10-18/h3-7,9-12H,2,8,13-17H2,1H3,(H,23,26). The van der Waals surface area contributed by atoms with Crippen LogP contribution in [0.3, 0.4) is 0 Å². The largest absolute Gasteiger partial charge is 0.382 e. The van der Waals surface area contributed by atoms with Crippen LogP contribution >= 0.6 is 0 Å². The van der Waals surface area contributed by atoms with Gasteiger partial charge < -0.3 is 14.6 Å². The summed E-state index contributed by atoms with van der Waals surface area (Å²) in [4.78, 5) is 17.2. The molecule has 0 spiro atoms. The Bertz CT molecular complexity index is 858. The summed E-state index contributed by atoms with van der Waals surface area (Å²) in [5.41, 5.74) is 3.21. The van der Waals surface area contributed by atoms with Gasteiger partial charge in [0.1, 0.15) is 12.4 Å². The highest BCUT2D eigenvalue weighted by atomic mass is 16.5. The molecule has 0 saturated carbocycles. The second-order valence-corrected chi connectivity index (χ2v) is 6.49. The minimum absolute atomic E-state index is 0.00983. The molecule has 1 N–H and O–H groups in total. The van der Waals surface area contributed by atoms with Crippen LogP contribution < -0.4 is 5.32 Å². The Hall–Kier alpha value is -2.66. The second kappa shape index (κ2) is 9.88. The van der Waals surface area contributed by atoms with Crippen LogP contribution in [0.25, 0.3) is 11.0 Å². The summed E-state index contributed by atoms with van der Waals surface area (Å²) in [6, 6.07) is 18.4. The van der Waals surface area contributed by atoms with Gasteiger partial charge in [0, 0.05) is 26.2 Å². The molecule has 27 heavy (non-hydrogen) atoms. The van der Waals surface area contributed by atoms with Gasteiger partial charge in [-0.2, -0.15) is 0 Å². The number of hydrogen-bond acceptors (Lipinski definition) is 3. The molecule has 0 unspecified atom stereocenters. The summed E-state index contributed by atoms with van der Waals surface area (Å²) < 4.78 is 7.34. The number of aromatic nitrogens is 2. The lowest BCUT2D eigenvalue weighted by atomic mass is 10.1. The summed E-state index contributed by atoms with van der Waals surface area (Å²) in [7, 11) is 0. The third-order valence-electron chi connectivity index (χ3n) is 4.51. The number of carbonyl (C=O) groups excluding carboxylic acids is 1. The summed E-state index contributed by atoms with van der Waals surface area (Å²) in [6.45, 7) is 4.27. The first-order valence-electron chi connectivity index (χ1n) is 9.60. The summed E-state index contributed by atoms with van der Waals surface area (Å²) >= 11 is 0. The molecule has 5 heteroatoms. The monoisotopic (exact) mass is 365 g/mol. The van der Waals surface area contributed by atoms with Crippen LogP contribution in [0.5, 0.6) is 0 Å². The van der Waals surface area contributed by atoms with Crippen molar-refractivity contribution in [3.63, 3.8) is 0 Å². The number of imidazole rings is 1. The van der Waals surface area contributed by atoms with Crippen molar-refractivity contribution >= 4 is 16.9 Å². The molecule has 5 nitrogen and oxygen atoms in total. The molecule has 0 aliphatic carbocycles. The van der Waals surface area contributed by atoms with Gasteiger partial charge in [0.15, 0.2) is 0 Å². The Balaban J connectivity index is 1.68. The topological polar surface area (TPSA) is 56.1 Å². The Morgan fingerprint density at radius 3 is 2.67 bits per heavy atom. The number of benzene rings is 2. The number of carbonyl (C=O) groups is 1. The lowest BCUT2D eigenvalue weighted by Crippen LogP contribution is -2.29. The van der Waals surface area contributed by atoms with Gasteiger partial charge in [-0.1, -0.05) is 42.5 Å². The van der Waals surface area contributed by atoms with Gasteiger partial charge in [-0.3, -0.25) is 4.79 Å². The minimum atomic E-state index is 0.00983. The van der Waals surface area contributed by atoms with E-state index in [4.69, 9.17) is 9.72 Å². The highest BCUT2D eigenvalue weighted by Gasteiger charge is 2.13. The van der Waals surface area contributed by atoms with E-state index in [0.29, 0.717) is 26.3 Å². The fraction of sp³-hybridized carbons (Fsp3) is 0.364. The highest BCUT2D eigenvalue weighted by Crippen LogP contribution is 2.17. The van der Waals surface area contributed by atoms with Crippen molar-refractivity contribution in [2.24, 2.45) is 0 Å². The molecule has 0 atom stereocenters. The maximum Gasteiger partial charge on any atom is 0.240 e. The summed E-state index contributed by atoms with van der Waals surface area (Å²) in [6.07, 6.45) is 2.53. The van der Waals surface area contributed by atoms with Crippen molar-refractivity contribution in [3.8, 4) is 0 Å². The van der Waals surface area contributed by atoms with Crippen LogP contribution in [0.2, 0.25) is 0 Å². The first-order valence-corrected chi connectivity index (χ1v) is 9.60. The van der Waals surface area contributed by atoms with Crippen LogP contribution in [-0.2, 0) is 28.9 Å². The van der Waals surface area contributed by atoms with E-state index in [2.05, 4.69) is 17.4 Å². The quantitative estimate of drug-likeness (QED) is 0.561. The fourth-order valence-electron chi connectivity index (χ4n) is 3.14. The van der Waals surface area contributed by atoms with Crippen LogP contribution in [-0.4, -0.2) is 35.2 Å². The second-order valence-electron chi connectivity index (χ2n) is 6.49. The zero-order valence-electron chi connectivity index (χ0n) is 15.9. The van der Waals surface area contributed by atoms with Crippen molar-refractivity contribution in [2.45, 2.75) is 32.7 Å². The van der Waals surface area contributed by atoms with Crippen molar-refractivity contribution in [1.29, 1.82) is 0 Å². The van der Waals surface area contributed by atoms with Gasteiger partial charge in [0.25, 0.3) is 0 Å². The van der Waals surface area contributed by atoms with Gasteiger partial charge in [0.2, 0.25) is 5.91 Å². The lowest BCUT2D eigenvalue weighted by molar-refractivity contribution is -0.121. The van der Waals surface area contributed by atoms with Crippen molar-refractivity contribution < 1.29 is 9.53 Å². The molecule has 0 radical (unpaired) electrons. The molecule has 1 amide bonds. The molecule has 1 heterocycles. The molecule has 0 fully saturated rings. The Morgan fingerprint density at radius 1 is 1.07 bits per heavy atom. The molecule has 0 aliphatic heterocycles. The number of hydrogen-bond donors (Lipinski definition) is 1. The zero-order chi connectivity index (χ0) is 18.9. The van der Waals surface area contributed by atoms with Gasteiger partial charge in [-0.25, -0.2) is 4.98 Å². The number of fused-ring (bicyclic) bond motifs is 1. The highest BCUT2D eigenvalue weighted by molar-refractivity contribution is 5.81. The SMILES string of the molecule is CCOCCCNC(=O)Cn1c(CCc2ccccc2)nc2ccccc21. The van der Waals surface area contributed by atoms with Crippen LogP contribution in [0.4, 0.5) is 0 Å². The molecular formula is C22H27N3O2. The lowest BCUT2D eigenvalue weighted by Gasteiger charge is -2.10. The molecule has 0 bridgehead atoms. The Kier molecular flexibility index (Phi) is 6.99. The van der Waals surface area contributed by atoms with Crippen LogP contribution in [0, 0.1) is 0 Å². The van der Waals surface area contributed by atoms with E-state index < -0.39 is 0 Å². The Labute approximate surface area is 160 Å². The van der Waals surface area contributed by atoms with E-state index in [1.54, 1.807) is 0 Å². The van der Waals surface area contributed by atoms with Crippen molar-refractivity contribution in [3.05, 3.63) is 66.0 Å². The number of nitrogens with one attached hydrogen (secondary N) is 1. The average molecular weight is 365 g/mol. The third kappa shape index (κ3) is 5.41. The van der Waals surface area contributed by atoms with E-state index in [9.17, 15) is 4.79 Å². The van der Waals surface area contributed by atoms with Gasteiger partial charge in [-0.15, -0.1) is 0 Å². The third-order valence-corrected chi connectivity index (χ3v) is 4.51. The maximum absolute atomic E-state index is 12.4. The molecule has 0 aliphatic rings. The van der Waals surface area contributed by atoms with Gasteiger partial charge in [-0.05, 0) is 37.5 Å². The number of amides is 1. The molecule has 142 valence electrons. The predicted molar refractivity (Wildman–Crippen MR) is 108 cm³/mol. The molecule has 1 aromatic heterocycles. The maximum atomic E-state index is 12.4. The Morgan fingerprint density at radius 2 is 1.85 bits per heavy atom. The van der Waals surface area contributed by atoms with E-state index in [0.717, 1.165) is 36.1 Å². The molecule has 3 aromatic rings. The number of ether oxygens (including phenoxy) is 1. The van der Waals surface area contributed by atoms with E-state index in [1.807, 2.05) is 54.0 Å². The molecule has 2 aromatic carbocycles. The predicted octanol–water partition coefficient (Wildman–Crippen LogP) is 3.36. The van der Waals surface area contributed by atoms with Gasteiger partial charge >= 0.3 is 0 Å². The smallest absolute Gasteiger partial charge is 0.240 e. The zero-order valence-corrected chi connectivity index (χ0v) is 15.9. The van der Waals surface area contributed by atoms with Crippen LogP contribution in [0.1, 0.15) is 24.7 Å². The number of rotatable bonds is 10. The van der Waals surface area contributed by atoms with Crippen molar-refractivity contribution in [1.82, 2.24) is 14.9 Å².